The van der Waals surface area contributed by atoms with Gasteiger partial charge in [-0.1, -0.05) is 43.3 Å². The highest BCUT2D eigenvalue weighted by atomic mass is 16.5. The fourth-order valence-corrected chi connectivity index (χ4v) is 3.97. The molecule has 0 N–H and O–H groups in total. The van der Waals surface area contributed by atoms with Crippen molar-refractivity contribution in [1.82, 2.24) is 0 Å². The predicted octanol–water partition coefficient (Wildman–Crippen LogP) is 3.86. The molecule has 4 nitrogen and oxygen atoms in total. The highest BCUT2D eigenvalue weighted by Gasteiger charge is 2.33. The van der Waals surface area contributed by atoms with Gasteiger partial charge in [0.1, 0.15) is 0 Å². The third-order valence-corrected chi connectivity index (χ3v) is 5.21. The minimum Gasteiger partial charge on any atom is -0.376 e. The van der Waals surface area contributed by atoms with E-state index in [1.54, 1.807) is 24.3 Å². The molecule has 1 aliphatic heterocycles. The summed E-state index contributed by atoms with van der Waals surface area (Å²) in [5.41, 5.74) is 2.94. The predicted molar refractivity (Wildman–Crippen MR) is 101 cm³/mol. The van der Waals surface area contributed by atoms with Crippen molar-refractivity contribution in [2.45, 2.75) is 32.3 Å². The van der Waals surface area contributed by atoms with E-state index in [1.165, 1.54) is 0 Å². The van der Waals surface area contributed by atoms with Gasteiger partial charge in [0.05, 0.1) is 11.7 Å². The van der Waals surface area contributed by atoms with Crippen LogP contribution in [0.2, 0.25) is 0 Å². The molecule has 1 heterocycles. The van der Waals surface area contributed by atoms with Crippen LogP contribution in [0.4, 0.5) is 5.69 Å². The van der Waals surface area contributed by atoms with Gasteiger partial charge < -0.3 is 9.64 Å². The van der Waals surface area contributed by atoms with E-state index in [0.717, 1.165) is 44.6 Å². The Kier molecular flexibility index (Phi) is 4.60. The van der Waals surface area contributed by atoms with Gasteiger partial charge in [-0.3, -0.25) is 9.59 Å². The van der Waals surface area contributed by atoms with Crippen molar-refractivity contribution in [2.24, 2.45) is 0 Å². The van der Waals surface area contributed by atoms with E-state index in [-0.39, 0.29) is 17.7 Å². The summed E-state index contributed by atoms with van der Waals surface area (Å²) < 4.78 is 5.94. The number of piperidine rings is 1. The molecule has 134 valence electrons. The summed E-state index contributed by atoms with van der Waals surface area (Å²) in [4.78, 5) is 28.3. The second kappa shape index (κ2) is 7.04. The Morgan fingerprint density at radius 3 is 2.50 bits per heavy atom. The minimum absolute atomic E-state index is 0.0533. The molecule has 0 bridgehead atoms. The number of ether oxygens (including phenoxy) is 1. The molecule has 0 unspecified atom stereocenters. The van der Waals surface area contributed by atoms with Gasteiger partial charge >= 0.3 is 0 Å². The Bertz CT molecular complexity index is 858. The average Bonchev–Trinajstić information content (AvgIpc) is 2.70. The first-order chi connectivity index (χ1) is 12.7. The maximum Gasteiger partial charge on any atom is 0.196 e. The second-order valence-electron chi connectivity index (χ2n) is 6.98. The normalized spacial score (nSPS) is 19.3. The standard InChI is InChI=1S/C22H23NO3/c1-2-13-26-15-7-6-12-23(14-15)19-11-5-10-18-20(19)22(25)17-9-4-3-8-16(17)21(18)24/h3-5,8-11,15H,2,6-7,12-14H2,1H3/t15-/m0/s1. The molecule has 2 aromatic carbocycles. The molecular formula is C22H23NO3. The van der Waals surface area contributed by atoms with E-state index in [1.807, 2.05) is 18.2 Å². The number of hydrogen-bond donors (Lipinski definition) is 0. The first-order valence-electron chi connectivity index (χ1n) is 9.38. The number of anilines is 1. The molecule has 2 aromatic rings. The molecule has 0 amide bonds. The van der Waals surface area contributed by atoms with Gasteiger partial charge in [0, 0.05) is 42.1 Å². The van der Waals surface area contributed by atoms with Crippen molar-refractivity contribution in [2.75, 3.05) is 24.6 Å². The van der Waals surface area contributed by atoms with Crippen LogP contribution in [0.5, 0.6) is 0 Å². The number of carbonyl (C=O) groups is 2. The molecule has 1 fully saturated rings. The molecule has 1 saturated heterocycles. The van der Waals surface area contributed by atoms with E-state index in [0.29, 0.717) is 22.3 Å². The smallest absolute Gasteiger partial charge is 0.196 e. The van der Waals surface area contributed by atoms with Crippen LogP contribution >= 0.6 is 0 Å². The molecule has 1 aliphatic carbocycles. The van der Waals surface area contributed by atoms with E-state index in [4.69, 9.17) is 4.74 Å². The molecule has 0 radical (unpaired) electrons. The maximum atomic E-state index is 13.2. The third kappa shape index (κ3) is 2.84. The van der Waals surface area contributed by atoms with Crippen molar-refractivity contribution >= 4 is 17.3 Å². The molecule has 0 spiro atoms. The molecule has 2 aliphatic rings. The van der Waals surface area contributed by atoms with Crippen LogP contribution in [0.1, 0.15) is 58.0 Å². The second-order valence-corrected chi connectivity index (χ2v) is 6.98. The van der Waals surface area contributed by atoms with Gasteiger partial charge in [0.15, 0.2) is 11.6 Å². The average molecular weight is 349 g/mol. The summed E-state index contributed by atoms with van der Waals surface area (Å²) in [5.74, 6) is -0.116. The summed E-state index contributed by atoms with van der Waals surface area (Å²) in [5, 5.41) is 0. The summed E-state index contributed by atoms with van der Waals surface area (Å²) in [6, 6.07) is 12.7. The number of fused-ring (bicyclic) bond motifs is 2. The molecule has 4 heteroatoms. The fraction of sp³-hybridized carbons (Fsp3) is 0.364. The highest BCUT2D eigenvalue weighted by Crippen LogP contribution is 2.35. The lowest BCUT2D eigenvalue weighted by Crippen LogP contribution is -2.41. The van der Waals surface area contributed by atoms with Crippen LogP contribution in [0, 0.1) is 0 Å². The van der Waals surface area contributed by atoms with Crippen molar-refractivity contribution < 1.29 is 14.3 Å². The first kappa shape index (κ1) is 17.0. The van der Waals surface area contributed by atoms with Crippen molar-refractivity contribution in [1.29, 1.82) is 0 Å². The van der Waals surface area contributed by atoms with Gasteiger partial charge in [-0.05, 0) is 25.3 Å². The van der Waals surface area contributed by atoms with Crippen molar-refractivity contribution in [3.05, 3.63) is 64.7 Å². The topological polar surface area (TPSA) is 46.6 Å². The molecule has 0 aromatic heterocycles. The lowest BCUT2D eigenvalue weighted by Gasteiger charge is -2.36. The zero-order valence-corrected chi connectivity index (χ0v) is 15.0. The van der Waals surface area contributed by atoms with E-state index in [9.17, 15) is 9.59 Å². The lowest BCUT2D eigenvalue weighted by atomic mass is 9.83. The number of carbonyl (C=O) groups excluding carboxylic acids is 2. The zero-order valence-electron chi connectivity index (χ0n) is 15.0. The first-order valence-corrected chi connectivity index (χ1v) is 9.38. The van der Waals surface area contributed by atoms with Gasteiger partial charge in [-0.25, -0.2) is 0 Å². The maximum absolute atomic E-state index is 13.2. The number of benzene rings is 2. The Balaban J connectivity index is 1.72. The highest BCUT2D eigenvalue weighted by molar-refractivity contribution is 6.30. The van der Waals surface area contributed by atoms with E-state index >= 15 is 0 Å². The third-order valence-electron chi connectivity index (χ3n) is 5.21. The summed E-state index contributed by atoms with van der Waals surface area (Å²) >= 11 is 0. The van der Waals surface area contributed by atoms with Crippen molar-refractivity contribution in [3.8, 4) is 0 Å². The van der Waals surface area contributed by atoms with Crippen LogP contribution in [0.25, 0.3) is 0 Å². The number of ketones is 2. The number of hydrogen-bond acceptors (Lipinski definition) is 4. The lowest BCUT2D eigenvalue weighted by molar-refractivity contribution is 0.0440. The van der Waals surface area contributed by atoms with Gasteiger partial charge in [-0.15, -0.1) is 0 Å². The fourth-order valence-electron chi connectivity index (χ4n) is 3.97. The van der Waals surface area contributed by atoms with Gasteiger partial charge in [0.2, 0.25) is 0 Å². The molecule has 1 atom stereocenters. The largest absolute Gasteiger partial charge is 0.376 e. The van der Waals surface area contributed by atoms with E-state index in [2.05, 4.69) is 11.8 Å². The Morgan fingerprint density at radius 2 is 1.73 bits per heavy atom. The van der Waals surface area contributed by atoms with Crippen LogP contribution in [0.15, 0.2) is 42.5 Å². The molecular weight excluding hydrogens is 326 g/mol. The minimum atomic E-state index is -0.0622. The van der Waals surface area contributed by atoms with Crippen molar-refractivity contribution in [3.63, 3.8) is 0 Å². The number of nitrogens with zero attached hydrogens (tertiary/aromatic N) is 1. The zero-order chi connectivity index (χ0) is 18.1. The van der Waals surface area contributed by atoms with Crippen LogP contribution in [0.3, 0.4) is 0 Å². The summed E-state index contributed by atoms with van der Waals surface area (Å²) in [6.45, 7) is 4.51. The number of rotatable bonds is 4. The Morgan fingerprint density at radius 1 is 1.00 bits per heavy atom. The molecule has 4 rings (SSSR count). The Labute approximate surface area is 153 Å². The van der Waals surface area contributed by atoms with Crippen LogP contribution < -0.4 is 4.90 Å². The summed E-state index contributed by atoms with van der Waals surface area (Å²) in [6.07, 6.45) is 3.25. The SMILES string of the molecule is CCCO[C@H]1CCCN(c2cccc3c2C(=O)c2ccccc2C3=O)C1. The monoisotopic (exact) mass is 349 g/mol. The molecule has 26 heavy (non-hydrogen) atoms. The Hall–Kier alpha value is -2.46. The van der Waals surface area contributed by atoms with Gasteiger partial charge in [0.25, 0.3) is 0 Å². The van der Waals surface area contributed by atoms with Gasteiger partial charge in [-0.2, -0.15) is 0 Å². The summed E-state index contributed by atoms with van der Waals surface area (Å²) in [7, 11) is 0. The van der Waals surface area contributed by atoms with Crippen LogP contribution in [-0.4, -0.2) is 37.4 Å². The van der Waals surface area contributed by atoms with E-state index < -0.39 is 0 Å². The quantitative estimate of drug-likeness (QED) is 0.718. The van der Waals surface area contributed by atoms with Crippen LogP contribution in [-0.2, 0) is 4.74 Å². The molecule has 0 saturated carbocycles.